The first-order valence-electron chi connectivity index (χ1n) is 10.4. The number of piperidine rings is 1. The summed E-state index contributed by atoms with van der Waals surface area (Å²) in [6.07, 6.45) is -3.76. The fourth-order valence-corrected chi connectivity index (χ4v) is 5.34. The van der Waals surface area contributed by atoms with E-state index in [4.69, 9.17) is 5.11 Å². The van der Waals surface area contributed by atoms with Crippen molar-refractivity contribution in [3.8, 4) is 0 Å². The molecule has 33 heavy (non-hydrogen) atoms. The zero-order valence-corrected chi connectivity index (χ0v) is 18.9. The van der Waals surface area contributed by atoms with Gasteiger partial charge in [-0.25, -0.2) is 4.79 Å². The van der Waals surface area contributed by atoms with E-state index < -0.39 is 36.7 Å². The Hall–Kier alpha value is -2.67. The van der Waals surface area contributed by atoms with Gasteiger partial charge in [0.1, 0.15) is 4.83 Å². The van der Waals surface area contributed by atoms with Gasteiger partial charge in [-0.3, -0.25) is 28.3 Å². The molecule has 0 aliphatic carbocycles. The molecule has 13 heteroatoms. The Bertz CT molecular complexity index is 1170. The van der Waals surface area contributed by atoms with Gasteiger partial charge in [-0.05, 0) is 38.2 Å². The predicted octanol–water partition coefficient (Wildman–Crippen LogP) is 2.42. The average Bonchev–Trinajstić information content (AvgIpc) is 3.07. The molecule has 182 valence electrons. The number of carbonyl (C=O) groups is 2. The van der Waals surface area contributed by atoms with Gasteiger partial charge >= 0.3 is 18.0 Å². The molecule has 3 rings (SSSR count). The van der Waals surface area contributed by atoms with E-state index in [1.54, 1.807) is 18.7 Å². The first-order chi connectivity index (χ1) is 15.4. The number of halogens is 3. The lowest BCUT2D eigenvalue weighted by atomic mass is 9.93. The van der Waals surface area contributed by atoms with Crippen LogP contribution in [0.1, 0.15) is 41.4 Å². The van der Waals surface area contributed by atoms with Crippen molar-refractivity contribution in [1.29, 1.82) is 0 Å². The van der Waals surface area contributed by atoms with Crippen LogP contribution in [0.4, 0.5) is 13.2 Å². The molecule has 1 fully saturated rings. The van der Waals surface area contributed by atoms with Crippen LogP contribution in [0.5, 0.6) is 0 Å². The Labute approximate surface area is 190 Å². The number of carbonyl (C=O) groups excluding carboxylic acids is 1. The molecule has 2 aromatic heterocycles. The second kappa shape index (κ2) is 9.67. The van der Waals surface area contributed by atoms with Gasteiger partial charge in [0.25, 0.3) is 11.5 Å². The van der Waals surface area contributed by atoms with Crippen LogP contribution in [0, 0.1) is 12.8 Å². The van der Waals surface area contributed by atoms with Crippen LogP contribution in [0.25, 0.3) is 10.2 Å². The van der Waals surface area contributed by atoms with E-state index in [2.05, 4.69) is 4.74 Å². The van der Waals surface area contributed by atoms with E-state index >= 15 is 0 Å². The second-order valence-corrected chi connectivity index (χ2v) is 8.85. The molecule has 0 aromatic carbocycles. The Kier molecular flexibility index (Phi) is 7.32. The number of rotatable bonds is 7. The molecule has 1 N–H and O–H groups in total. The minimum absolute atomic E-state index is 0.0173. The molecule has 9 nitrogen and oxygen atoms in total. The minimum atomic E-state index is -4.86. The van der Waals surface area contributed by atoms with Crippen molar-refractivity contribution in [2.45, 2.75) is 52.6 Å². The van der Waals surface area contributed by atoms with E-state index in [0.29, 0.717) is 31.5 Å². The van der Waals surface area contributed by atoms with Crippen molar-refractivity contribution in [2.75, 3.05) is 19.7 Å². The molecule has 1 saturated heterocycles. The van der Waals surface area contributed by atoms with Crippen molar-refractivity contribution in [1.82, 2.24) is 14.0 Å². The Balaban J connectivity index is 1.97. The van der Waals surface area contributed by atoms with Crippen LogP contribution in [-0.2, 0) is 22.6 Å². The molecule has 0 atom stereocenters. The van der Waals surface area contributed by atoms with Crippen molar-refractivity contribution in [2.24, 2.45) is 5.92 Å². The van der Waals surface area contributed by atoms with Crippen molar-refractivity contribution < 1.29 is 32.6 Å². The highest BCUT2D eigenvalue weighted by Gasteiger charge is 2.31. The zero-order chi connectivity index (χ0) is 24.5. The number of amides is 1. The maximum absolute atomic E-state index is 13.2. The number of carboxylic acid groups (broad SMARTS) is 1. The number of ether oxygens (including phenoxy) is 1. The zero-order valence-electron chi connectivity index (χ0n) is 18.1. The fraction of sp³-hybridized carbons (Fsp3) is 0.600. The Morgan fingerprint density at radius 1 is 1.18 bits per heavy atom. The van der Waals surface area contributed by atoms with Gasteiger partial charge in [-0.2, -0.15) is 0 Å². The molecule has 2 aromatic rings. The van der Waals surface area contributed by atoms with Gasteiger partial charge in [-0.1, -0.05) is 0 Å². The Morgan fingerprint density at radius 2 is 1.82 bits per heavy atom. The third kappa shape index (κ3) is 5.29. The number of carboxylic acids is 1. The molecule has 0 unspecified atom stereocenters. The topological polar surface area (TPSA) is 111 Å². The Morgan fingerprint density at radius 3 is 2.36 bits per heavy atom. The highest BCUT2D eigenvalue weighted by Crippen LogP contribution is 2.31. The number of aliphatic carboxylic acids is 1. The fourth-order valence-electron chi connectivity index (χ4n) is 4.06. The molecule has 0 radical (unpaired) electrons. The minimum Gasteiger partial charge on any atom is -0.481 e. The van der Waals surface area contributed by atoms with Crippen molar-refractivity contribution in [3.05, 3.63) is 31.3 Å². The molecule has 0 spiro atoms. The van der Waals surface area contributed by atoms with E-state index in [1.807, 2.05) is 0 Å². The standard InChI is InChI=1S/C20H24F3N3O6S/c1-3-25-16(29)14-11(2)15(17(30)24-6-4-12(5-7-24)10-13(27)28)33-18(14)26(19(25)31)8-9-32-20(21,22)23/h12H,3-10H2,1-2H3,(H,27,28). The van der Waals surface area contributed by atoms with Gasteiger partial charge < -0.3 is 10.0 Å². The lowest BCUT2D eigenvalue weighted by molar-refractivity contribution is -0.325. The number of alkyl halides is 3. The van der Waals surface area contributed by atoms with E-state index in [1.165, 1.54) is 0 Å². The van der Waals surface area contributed by atoms with Gasteiger partial charge in [0.2, 0.25) is 0 Å². The van der Waals surface area contributed by atoms with Gasteiger partial charge in [0.05, 0.1) is 23.4 Å². The van der Waals surface area contributed by atoms with Crippen LogP contribution >= 0.6 is 11.3 Å². The lowest BCUT2D eigenvalue weighted by Gasteiger charge is -2.31. The van der Waals surface area contributed by atoms with Crippen LogP contribution in [0.2, 0.25) is 0 Å². The van der Waals surface area contributed by atoms with Crippen LogP contribution in [-0.4, -0.2) is 57.1 Å². The summed E-state index contributed by atoms with van der Waals surface area (Å²) in [6.45, 7) is 2.61. The average molecular weight is 491 g/mol. The normalized spacial score (nSPS) is 15.4. The summed E-state index contributed by atoms with van der Waals surface area (Å²) in [4.78, 5) is 51.7. The summed E-state index contributed by atoms with van der Waals surface area (Å²) in [5, 5.41) is 9.07. The number of hydrogen-bond acceptors (Lipinski definition) is 6. The SMILES string of the molecule is CCn1c(=O)c2c(C)c(C(=O)N3CCC(CC(=O)O)CC3)sc2n(CCOC(F)(F)F)c1=O. The first-order valence-corrected chi connectivity index (χ1v) is 11.2. The van der Waals surface area contributed by atoms with Crippen molar-refractivity contribution >= 4 is 33.4 Å². The van der Waals surface area contributed by atoms with Crippen LogP contribution in [0.3, 0.4) is 0 Å². The number of likely N-dealkylation sites (tertiary alicyclic amines) is 1. The molecule has 1 amide bonds. The second-order valence-electron chi connectivity index (χ2n) is 7.85. The third-order valence-electron chi connectivity index (χ3n) is 5.75. The summed E-state index contributed by atoms with van der Waals surface area (Å²) >= 11 is 0.897. The maximum atomic E-state index is 13.2. The van der Waals surface area contributed by atoms with Crippen molar-refractivity contribution in [3.63, 3.8) is 0 Å². The van der Waals surface area contributed by atoms with E-state index in [0.717, 1.165) is 20.5 Å². The molecule has 1 aliphatic rings. The molecular weight excluding hydrogens is 467 g/mol. The van der Waals surface area contributed by atoms with E-state index in [-0.39, 0.29) is 39.9 Å². The first kappa shape index (κ1) is 25.0. The van der Waals surface area contributed by atoms with Gasteiger partial charge in [0, 0.05) is 26.1 Å². The summed E-state index contributed by atoms with van der Waals surface area (Å²) < 4.78 is 43.0. The monoisotopic (exact) mass is 491 g/mol. The molecule has 0 saturated carbocycles. The molecule has 3 heterocycles. The summed E-state index contributed by atoms with van der Waals surface area (Å²) in [6, 6.07) is 0. The maximum Gasteiger partial charge on any atom is 0.522 e. The number of aryl methyl sites for hydroxylation is 1. The van der Waals surface area contributed by atoms with Gasteiger partial charge in [-0.15, -0.1) is 24.5 Å². The molecule has 0 bridgehead atoms. The lowest BCUT2D eigenvalue weighted by Crippen LogP contribution is -2.40. The highest BCUT2D eigenvalue weighted by atomic mass is 32.1. The summed E-state index contributed by atoms with van der Waals surface area (Å²) in [5.41, 5.74) is -1.00. The third-order valence-corrected chi connectivity index (χ3v) is 7.05. The van der Waals surface area contributed by atoms with Crippen LogP contribution < -0.4 is 11.2 Å². The van der Waals surface area contributed by atoms with E-state index in [9.17, 15) is 32.3 Å². The van der Waals surface area contributed by atoms with Crippen LogP contribution in [0.15, 0.2) is 9.59 Å². The number of fused-ring (bicyclic) bond motifs is 1. The summed E-state index contributed by atoms with van der Waals surface area (Å²) in [7, 11) is 0. The number of thiophene rings is 1. The predicted molar refractivity (Wildman–Crippen MR) is 114 cm³/mol. The quantitative estimate of drug-likeness (QED) is 0.637. The molecule has 1 aliphatic heterocycles. The van der Waals surface area contributed by atoms with Gasteiger partial charge in [0.15, 0.2) is 0 Å². The molecular formula is C20H24F3N3O6S. The largest absolute Gasteiger partial charge is 0.522 e. The number of hydrogen-bond donors (Lipinski definition) is 1. The smallest absolute Gasteiger partial charge is 0.481 e. The number of nitrogens with zero attached hydrogens (tertiary/aromatic N) is 3. The number of aromatic nitrogens is 2. The summed E-state index contributed by atoms with van der Waals surface area (Å²) in [5.74, 6) is -1.26. The highest BCUT2D eigenvalue weighted by molar-refractivity contribution is 7.20.